The van der Waals surface area contributed by atoms with E-state index >= 15 is 0 Å². The minimum Gasteiger partial charge on any atom is -0.543 e. The highest BCUT2D eigenvalue weighted by Gasteiger charge is 2.32. The van der Waals surface area contributed by atoms with Gasteiger partial charge in [-0.15, -0.1) is 0 Å². The van der Waals surface area contributed by atoms with Crippen LogP contribution in [0.1, 0.15) is 41.5 Å². The maximum absolute atomic E-state index is 11.1. The highest BCUT2D eigenvalue weighted by atomic mass is 28.4. The molecule has 4 aromatic carbocycles. The van der Waals surface area contributed by atoms with E-state index in [-0.39, 0.29) is 11.5 Å². The Kier molecular flexibility index (Phi) is 8.43. The highest BCUT2D eigenvalue weighted by Crippen LogP contribution is 2.46. The summed E-state index contributed by atoms with van der Waals surface area (Å²) in [6, 6.07) is 25.9. The zero-order valence-electron chi connectivity index (χ0n) is 23.7. The number of aromatic hydroxyl groups is 2. The molecule has 0 atom stereocenters. The largest absolute Gasteiger partial charge is 0.543 e. The summed E-state index contributed by atoms with van der Waals surface area (Å²) in [6.45, 7) is 13.4. The second-order valence-corrected chi connectivity index (χ2v) is 19.8. The first kappa shape index (κ1) is 28.1. The summed E-state index contributed by atoms with van der Waals surface area (Å²) in [5.41, 5.74) is 1.27. The van der Waals surface area contributed by atoms with Crippen molar-refractivity contribution in [1.82, 2.24) is 0 Å². The van der Waals surface area contributed by atoms with Crippen molar-refractivity contribution in [3.8, 4) is 34.1 Å². The Hall–Kier alpha value is -2.97. The van der Waals surface area contributed by atoms with Crippen LogP contribution in [0.15, 0.2) is 60.7 Å². The van der Waals surface area contributed by atoms with Crippen molar-refractivity contribution in [3.63, 3.8) is 0 Å². The van der Waals surface area contributed by atoms with E-state index in [1.54, 1.807) is 12.1 Å². The standard InChI is InChI=1S/C32H42O4Si2/c1-7-37(8-2,9-3)35-25-15-17-27-23(21-25)13-19-29(33)31(27)32-28-18-16-26(22-24(28)14-20-30(32)34)36-38(10-4,11-5)12-6/h13-22,33-34H,7-12H2,1-6H3. The third kappa shape index (κ3) is 5.16. The van der Waals surface area contributed by atoms with Crippen LogP contribution < -0.4 is 8.85 Å². The molecule has 0 heterocycles. The number of benzene rings is 4. The first-order valence-electron chi connectivity index (χ1n) is 14.2. The Morgan fingerprint density at radius 2 is 0.842 bits per heavy atom. The number of hydrogen-bond acceptors (Lipinski definition) is 4. The summed E-state index contributed by atoms with van der Waals surface area (Å²) in [5.74, 6) is 2.04. The molecule has 38 heavy (non-hydrogen) atoms. The van der Waals surface area contributed by atoms with Crippen LogP contribution in [0.5, 0.6) is 23.0 Å². The minimum atomic E-state index is -1.81. The molecule has 4 nitrogen and oxygen atoms in total. The second kappa shape index (κ2) is 11.4. The van der Waals surface area contributed by atoms with Crippen molar-refractivity contribution in [1.29, 1.82) is 0 Å². The van der Waals surface area contributed by atoms with E-state index in [1.165, 1.54) is 0 Å². The van der Waals surface area contributed by atoms with Crippen LogP contribution in [-0.2, 0) is 0 Å². The van der Waals surface area contributed by atoms with Crippen LogP contribution in [0.3, 0.4) is 0 Å². The third-order valence-electron chi connectivity index (χ3n) is 8.72. The van der Waals surface area contributed by atoms with E-state index in [9.17, 15) is 10.2 Å². The van der Waals surface area contributed by atoms with E-state index in [2.05, 4.69) is 53.7 Å². The predicted molar refractivity (Wildman–Crippen MR) is 166 cm³/mol. The Bertz CT molecular complexity index is 1300. The maximum atomic E-state index is 11.1. The van der Waals surface area contributed by atoms with Gasteiger partial charge in [-0.2, -0.15) is 0 Å². The summed E-state index contributed by atoms with van der Waals surface area (Å²) in [7, 11) is -3.62. The molecule has 0 saturated heterocycles. The van der Waals surface area contributed by atoms with Crippen LogP contribution in [-0.4, -0.2) is 26.8 Å². The molecule has 0 aliphatic rings. The van der Waals surface area contributed by atoms with Crippen molar-refractivity contribution in [2.45, 2.75) is 77.8 Å². The topological polar surface area (TPSA) is 58.9 Å². The molecule has 0 radical (unpaired) electrons. The lowest BCUT2D eigenvalue weighted by Crippen LogP contribution is -2.39. The molecule has 6 heteroatoms. The molecule has 4 aromatic rings. The van der Waals surface area contributed by atoms with E-state index in [0.717, 1.165) is 69.3 Å². The molecule has 0 aromatic heterocycles. The molecule has 202 valence electrons. The fraction of sp³-hybridized carbons (Fsp3) is 0.375. The molecule has 0 spiro atoms. The van der Waals surface area contributed by atoms with Crippen LogP contribution in [0.25, 0.3) is 32.7 Å². The van der Waals surface area contributed by atoms with Gasteiger partial charge < -0.3 is 19.1 Å². The maximum Gasteiger partial charge on any atom is 0.250 e. The third-order valence-corrected chi connectivity index (χ3v) is 17.8. The van der Waals surface area contributed by atoms with Crippen LogP contribution in [0, 0.1) is 0 Å². The first-order valence-corrected chi connectivity index (χ1v) is 19.2. The van der Waals surface area contributed by atoms with Gasteiger partial charge in [-0.1, -0.05) is 53.7 Å². The Morgan fingerprint density at radius 1 is 0.500 bits per heavy atom. The first-order chi connectivity index (χ1) is 18.3. The van der Waals surface area contributed by atoms with Crippen molar-refractivity contribution < 1.29 is 19.1 Å². The van der Waals surface area contributed by atoms with E-state index in [1.807, 2.05) is 36.4 Å². The smallest absolute Gasteiger partial charge is 0.250 e. The SMILES string of the molecule is CC[Si](CC)(CC)Oc1ccc2c(-c3c(O)ccc4cc(O[Si](CC)(CC)CC)ccc34)c(O)ccc2c1. The second-order valence-electron chi connectivity index (χ2n) is 10.4. The molecule has 0 aliphatic carbocycles. The average molecular weight is 547 g/mol. The summed E-state index contributed by atoms with van der Waals surface area (Å²) in [5, 5.41) is 25.8. The average Bonchev–Trinajstić information content (AvgIpc) is 2.95. The van der Waals surface area contributed by atoms with Gasteiger partial charge in [-0.25, -0.2) is 0 Å². The van der Waals surface area contributed by atoms with Gasteiger partial charge in [-0.3, -0.25) is 0 Å². The van der Waals surface area contributed by atoms with Crippen molar-refractivity contribution >= 4 is 38.2 Å². The van der Waals surface area contributed by atoms with Gasteiger partial charge >= 0.3 is 0 Å². The normalized spacial score (nSPS) is 12.3. The zero-order valence-corrected chi connectivity index (χ0v) is 25.7. The van der Waals surface area contributed by atoms with Gasteiger partial charge in [0.25, 0.3) is 0 Å². The molecule has 0 bridgehead atoms. The van der Waals surface area contributed by atoms with E-state index < -0.39 is 16.6 Å². The lowest BCUT2D eigenvalue weighted by molar-refractivity contribution is 0.470. The minimum absolute atomic E-state index is 0.142. The molecule has 0 aliphatic heterocycles. The van der Waals surface area contributed by atoms with Crippen molar-refractivity contribution in [2.24, 2.45) is 0 Å². The number of fused-ring (bicyclic) bond motifs is 2. The van der Waals surface area contributed by atoms with Gasteiger partial charge in [0.2, 0.25) is 16.6 Å². The van der Waals surface area contributed by atoms with E-state index in [4.69, 9.17) is 8.85 Å². The van der Waals surface area contributed by atoms with Gasteiger partial charge in [0.15, 0.2) is 0 Å². The lowest BCUT2D eigenvalue weighted by atomic mass is 9.92. The monoisotopic (exact) mass is 546 g/mol. The fourth-order valence-corrected chi connectivity index (χ4v) is 10.8. The molecule has 0 amide bonds. The lowest BCUT2D eigenvalue weighted by Gasteiger charge is -2.29. The number of rotatable bonds is 11. The molecule has 0 fully saturated rings. The Morgan fingerprint density at radius 3 is 1.16 bits per heavy atom. The Balaban J connectivity index is 1.83. The van der Waals surface area contributed by atoms with Gasteiger partial charge in [0.05, 0.1) is 0 Å². The predicted octanol–water partition coefficient (Wildman–Crippen LogP) is 9.84. The van der Waals surface area contributed by atoms with Crippen LogP contribution in [0.4, 0.5) is 0 Å². The van der Waals surface area contributed by atoms with Gasteiger partial charge in [0, 0.05) is 11.1 Å². The highest BCUT2D eigenvalue weighted by molar-refractivity contribution is 6.74. The molecular weight excluding hydrogens is 505 g/mol. The summed E-state index contributed by atoms with van der Waals surface area (Å²) in [6.07, 6.45) is 0. The van der Waals surface area contributed by atoms with Crippen LogP contribution in [0.2, 0.25) is 36.3 Å². The van der Waals surface area contributed by atoms with Crippen molar-refractivity contribution in [2.75, 3.05) is 0 Å². The quantitative estimate of drug-likeness (QED) is 0.184. The fourth-order valence-electron chi connectivity index (χ4n) is 5.68. The zero-order chi connectivity index (χ0) is 27.5. The molecule has 0 unspecified atom stereocenters. The number of hydrogen-bond donors (Lipinski definition) is 2. The number of phenolic OH excluding ortho intramolecular Hbond substituents is 2. The Labute approximate surface area is 229 Å². The molecule has 4 rings (SSSR count). The molecular formula is C32H42O4Si2. The summed E-state index contributed by atoms with van der Waals surface area (Å²) < 4.78 is 13.2. The van der Waals surface area contributed by atoms with Crippen LogP contribution >= 0.6 is 0 Å². The van der Waals surface area contributed by atoms with Crippen molar-refractivity contribution in [3.05, 3.63) is 60.7 Å². The summed E-state index contributed by atoms with van der Waals surface area (Å²) >= 11 is 0. The number of phenols is 2. The molecule has 2 N–H and O–H groups in total. The molecule has 0 saturated carbocycles. The van der Waals surface area contributed by atoms with Gasteiger partial charge in [-0.05, 0) is 106 Å². The van der Waals surface area contributed by atoms with Gasteiger partial charge in [0.1, 0.15) is 23.0 Å². The summed E-state index contributed by atoms with van der Waals surface area (Å²) in [4.78, 5) is 0. The van der Waals surface area contributed by atoms with E-state index in [0.29, 0.717) is 11.1 Å².